The van der Waals surface area contributed by atoms with Gasteiger partial charge in [0, 0.05) is 9.77 Å². The van der Waals surface area contributed by atoms with Crippen molar-refractivity contribution in [3.05, 3.63) is 21.9 Å². The molecule has 0 amide bonds. The Morgan fingerprint density at radius 3 is 2.50 bits per heavy atom. The van der Waals surface area contributed by atoms with Crippen LogP contribution in [0.4, 0.5) is 19.0 Å². The van der Waals surface area contributed by atoms with E-state index in [2.05, 4.69) is 9.98 Å². The van der Waals surface area contributed by atoms with Crippen molar-refractivity contribution < 1.29 is 13.2 Å². The molecule has 1 rings (SSSR count). The van der Waals surface area contributed by atoms with Crippen molar-refractivity contribution >= 4 is 45.2 Å². The van der Waals surface area contributed by atoms with E-state index in [1.807, 2.05) is 22.6 Å². The summed E-state index contributed by atoms with van der Waals surface area (Å²) in [6, 6.07) is 2.95. The predicted octanol–water partition coefficient (Wildman–Crippen LogP) is 3.52. The molecule has 2 nitrogen and oxygen atoms in total. The Bertz CT molecular complexity index is 347. The first-order chi connectivity index (χ1) is 6.39. The minimum atomic E-state index is -4.62. The quantitative estimate of drug-likeness (QED) is 0.570. The van der Waals surface area contributed by atoms with Crippen LogP contribution in [0.5, 0.6) is 0 Å². The Morgan fingerprint density at radius 1 is 1.43 bits per heavy atom. The molecule has 1 heterocycles. The zero-order valence-electron chi connectivity index (χ0n) is 6.52. The third kappa shape index (κ3) is 3.41. The summed E-state index contributed by atoms with van der Waals surface area (Å²) in [7, 11) is 0. The molecular formula is C7H3ClF3IN2. The summed E-state index contributed by atoms with van der Waals surface area (Å²) >= 11 is 6.89. The number of alkyl halides is 3. The Kier molecular flexibility index (Phi) is 3.71. The van der Waals surface area contributed by atoms with E-state index in [1.165, 1.54) is 12.3 Å². The van der Waals surface area contributed by atoms with E-state index in [0.29, 0.717) is 0 Å². The number of aliphatic imine (C=N–C) groups is 1. The zero-order valence-corrected chi connectivity index (χ0v) is 9.43. The summed E-state index contributed by atoms with van der Waals surface area (Å²) in [4.78, 5) is 6.77. The Morgan fingerprint density at radius 2 is 2.07 bits per heavy atom. The fourth-order valence-corrected chi connectivity index (χ4v) is 1.00. The second kappa shape index (κ2) is 4.43. The summed E-state index contributed by atoms with van der Waals surface area (Å²) in [5, 5.41) is -1.42. The molecule has 0 unspecified atom stereocenters. The van der Waals surface area contributed by atoms with E-state index in [4.69, 9.17) is 11.6 Å². The monoisotopic (exact) mass is 334 g/mol. The molecule has 7 heteroatoms. The van der Waals surface area contributed by atoms with E-state index in [-0.39, 0.29) is 5.82 Å². The van der Waals surface area contributed by atoms with Crippen LogP contribution in [0.1, 0.15) is 0 Å². The minimum Gasteiger partial charge on any atom is -0.236 e. The van der Waals surface area contributed by atoms with Gasteiger partial charge in [0.25, 0.3) is 0 Å². The Hall–Kier alpha value is -0.370. The molecule has 0 aromatic carbocycles. The maximum absolute atomic E-state index is 11.9. The highest BCUT2D eigenvalue weighted by Crippen LogP contribution is 2.22. The largest absolute Gasteiger partial charge is 0.444 e. The molecule has 0 saturated heterocycles. The van der Waals surface area contributed by atoms with Crippen LogP contribution in [0.15, 0.2) is 23.3 Å². The van der Waals surface area contributed by atoms with Gasteiger partial charge in [0.05, 0.1) is 0 Å². The molecule has 0 atom stereocenters. The van der Waals surface area contributed by atoms with Gasteiger partial charge >= 0.3 is 6.18 Å². The Labute approximate surface area is 96.3 Å². The minimum absolute atomic E-state index is 0.0623. The number of rotatable bonds is 1. The molecule has 0 N–H and O–H groups in total. The van der Waals surface area contributed by atoms with Crippen LogP contribution in [-0.2, 0) is 0 Å². The lowest BCUT2D eigenvalue weighted by Gasteiger charge is -2.02. The number of hydrogen-bond donors (Lipinski definition) is 0. The van der Waals surface area contributed by atoms with E-state index in [1.54, 1.807) is 6.07 Å². The number of nitrogens with zero attached hydrogens (tertiary/aromatic N) is 2. The second-order valence-corrected chi connectivity index (χ2v) is 3.84. The van der Waals surface area contributed by atoms with Crippen molar-refractivity contribution in [2.24, 2.45) is 4.99 Å². The molecule has 0 spiro atoms. The van der Waals surface area contributed by atoms with Gasteiger partial charge in [-0.1, -0.05) is 11.6 Å². The van der Waals surface area contributed by atoms with Crippen LogP contribution < -0.4 is 0 Å². The van der Waals surface area contributed by atoms with Crippen LogP contribution in [0.2, 0.25) is 0 Å². The van der Waals surface area contributed by atoms with Gasteiger partial charge in [0.1, 0.15) is 0 Å². The van der Waals surface area contributed by atoms with Crippen LogP contribution in [0.25, 0.3) is 0 Å². The molecule has 1 aromatic rings. The summed E-state index contributed by atoms with van der Waals surface area (Å²) in [5.41, 5.74) is 0. The molecule has 14 heavy (non-hydrogen) atoms. The molecule has 0 fully saturated rings. The van der Waals surface area contributed by atoms with Gasteiger partial charge in [-0.05, 0) is 34.7 Å². The van der Waals surface area contributed by atoms with Crippen LogP contribution >= 0.6 is 34.2 Å². The summed E-state index contributed by atoms with van der Waals surface area (Å²) in [5.74, 6) is -0.0623. The van der Waals surface area contributed by atoms with Gasteiger partial charge in [-0.2, -0.15) is 13.2 Å². The number of halogens is 5. The van der Waals surface area contributed by atoms with E-state index < -0.39 is 11.3 Å². The smallest absolute Gasteiger partial charge is 0.236 e. The second-order valence-electron chi connectivity index (χ2n) is 2.23. The van der Waals surface area contributed by atoms with Gasteiger partial charge in [-0.3, -0.25) is 0 Å². The third-order valence-corrected chi connectivity index (χ3v) is 2.10. The normalized spacial score (nSPS) is 13.1. The molecule has 0 bridgehead atoms. The Balaban J connectivity index is 2.93. The SMILES string of the molecule is FC(F)(F)C(Cl)=Nc1ccc(I)cn1. The molecule has 0 radical (unpaired) electrons. The maximum Gasteiger partial charge on any atom is 0.444 e. The highest BCUT2D eigenvalue weighted by Gasteiger charge is 2.34. The summed E-state index contributed by atoms with van der Waals surface area (Å²) < 4.78 is 36.6. The first kappa shape index (κ1) is 11.7. The fraction of sp³-hybridized carbons (Fsp3) is 0.143. The average molecular weight is 334 g/mol. The molecule has 0 saturated carbocycles. The van der Waals surface area contributed by atoms with Crippen LogP contribution in [0, 0.1) is 3.57 Å². The lowest BCUT2D eigenvalue weighted by atomic mass is 10.5. The highest BCUT2D eigenvalue weighted by molar-refractivity contribution is 14.1. The molecule has 1 aromatic heterocycles. The van der Waals surface area contributed by atoms with E-state index in [9.17, 15) is 13.2 Å². The van der Waals surface area contributed by atoms with Crippen molar-refractivity contribution in [1.82, 2.24) is 4.98 Å². The molecule has 76 valence electrons. The lowest BCUT2D eigenvalue weighted by Crippen LogP contribution is -2.16. The predicted molar refractivity (Wildman–Crippen MR) is 56.0 cm³/mol. The number of aromatic nitrogens is 1. The zero-order chi connectivity index (χ0) is 10.8. The number of hydrogen-bond acceptors (Lipinski definition) is 2. The van der Waals surface area contributed by atoms with Crippen molar-refractivity contribution in [2.75, 3.05) is 0 Å². The maximum atomic E-state index is 11.9. The summed E-state index contributed by atoms with van der Waals surface area (Å²) in [6.07, 6.45) is -3.22. The van der Waals surface area contributed by atoms with Crippen molar-refractivity contribution in [1.29, 1.82) is 0 Å². The fourth-order valence-electron chi connectivity index (χ4n) is 0.598. The average Bonchev–Trinajstić information content (AvgIpc) is 2.07. The molecular weight excluding hydrogens is 331 g/mol. The summed E-state index contributed by atoms with van der Waals surface area (Å²) in [6.45, 7) is 0. The van der Waals surface area contributed by atoms with Gasteiger partial charge in [0.15, 0.2) is 5.82 Å². The van der Waals surface area contributed by atoms with E-state index >= 15 is 0 Å². The molecule has 0 aliphatic carbocycles. The van der Waals surface area contributed by atoms with Crippen molar-refractivity contribution in [3.8, 4) is 0 Å². The van der Waals surface area contributed by atoms with Gasteiger partial charge in [0.2, 0.25) is 5.17 Å². The van der Waals surface area contributed by atoms with Crippen LogP contribution in [0.3, 0.4) is 0 Å². The van der Waals surface area contributed by atoms with Gasteiger partial charge < -0.3 is 0 Å². The highest BCUT2D eigenvalue weighted by atomic mass is 127. The topological polar surface area (TPSA) is 25.2 Å². The third-order valence-electron chi connectivity index (χ3n) is 1.16. The molecule has 0 aliphatic rings. The van der Waals surface area contributed by atoms with E-state index in [0.717, 1.165) is 3.57 Å². The first-order valence-corrected chi connectivity index (χ1v) is 4.78. The van der Waals surface area contributed by atoms with Crippen LogP contribution in [-0.4, -0.2) is 16.3 Å². The van der Waals surface area contributed by atoms with Crippen molar-refractivity contribution in [3.63, 3.8) is 0 Å². The standard InChI is InChI=1S/C7H3ClF3IN2/c8-6(7(9,10)11)14-5-2-1-4(12)3-13-5/h1-3H. The first-order valence-electron chi connectivity index (χ1n) is 3.32. The lowest BCUT2D eigenvalue weighted by molar-refractivity contribution is -0.0558. The van der Waals surface area contributed by atoms with Gasteiger partial charge in [-0.25, -0.2) is 9.98 Å². The van der Waals surface area contributed by atoms with Crippen molar-refractivity contribution in [2.45, 2.75) is 6.18 Å². The number of pyridine rings is 1. The molecule has 0 aliphatic heterocycles. The van der Waals surface area contributed by atoms with Gasteiger partial charge in [-0.15, -0.1) is 0 Å².